The van der Waals surface area contributed by atoms with Crippen LogP contribution >= 0.6 is 0 Å². The van der Waals surface area contributed by atoms with Crippen LogP contribution in [-0.4, -0.2) is 54.8 Å². The van der Waals surface area contributed by atoms with E-state index in [4.69, 9.17) is 0 Å². The first-order valence-corrected chi connectivity index (χ1v) is 10.2. The molecule has 0 radical (unpaired) electrons. The quantitative estimate of drug-likeness (QED) is 0.853. The van der Waals surface area contributed by atoms with Crippen LogP contribution in [0.4, 0.5) is 0 Å². The van der Waals surface area contributed by atoms with Crippen molar-refractivity contribution in [3.8, 4) is 5.75 Å². The normalized spacial score (nSPS) is 15.9. The van der Waals surface area contributed by atoms with Crippen molar-refractivity contribution in [3.63, 3.8) is 0 Å². The molecule has 2 aromatic rings. The van der Waals surface area contributed by atoms with Crippen LogP contribution in [0.15, 0.2) is 60.0 Å². The molecule has 0 atom stereocenters. The fraction of sp³-hybridized carbons (Fsp3) is 0.250. The minimum atomic E-state index is -3.51. The van der Waals surface area contributed by atoms with E-state index in [1.165, 1.54) is 9.71 Å². The lowest BCUT2D eigenvalue weighted by molar-refractivity contribution is -0.131. The van der Waals surface area contributed by atoms with Crippen molar-refractivity contribution in [2.75, 3.05) is 26.2 Å². The molecule has 0 spiro atoms. The average molecular weight is 386 g/mol. The molecule has 0 saturated carbocycles. The number of hydrogen-bond donors (Lipinski definition) is 1. The molecule has 0 unspecified atom stereocenters. The van der Waals surface area contributed by atoms with Crippen LogP contribution < -0.4 is 0 Å². The van der Waals surface area contributed by atoms with E-state index >= 15 is 0 Å². The highest BCUT2D eigenvalue weighted by Crippen LogP contribution is 2.14. The van der Waals surface area contributed by atoms with E-state index in [-0.39, 0.29) is 31.2 Å². The maximum Gasteiger partial charge on any atom is 0.236 e. The van der Waals surface area contributed by atoms with Crippen LogP contribution in [0, 0.1) is 0 Å². The predicted molar refractivity (Wildman–Crippen MR) is 104 cm³/mol. The third-order valence-corrected chi connectivity index (χ3v) is 6.04. The summed E-state index contributed by atoms with van der Waals surface area (Å²) in [5.41, 5.74) is 1.64. The van der Waals surface area contributed by atoms with Gasteiger partial charge in [0.05, 0.1) is 6.42 Å². The highest BCUT2D eigenvalue weighted by molar-refractivity contribution is 7.92. The first kappa shape index (κ1) is 19.1. The zero-order valence-electron chi connectivity index (χ0n) is 14.9. The third-order valence-electron chi connectivity index (χ3n) is 4.47. The van der Waals surface area contributed by atoms with Gasteiger partial charge in [-0.25, -0.2) is 8.42 Å². The molecule has 1 N–H and O–H groups in total. The number of rotatable bonds is 5. The molecule has 3 rings (SSSR count). The van der Waals surface area contributed by atoms with Gasteiger partial charge in [0, 0.05) is 31.6 Å². The number of carbonyl (C=O) groups excluding carboxylic acids is 1. The zero-order valence-corrected chi connectivity index (χ0v) is 15.7. The van der Waals surface area contributed by atoms with Crippen LogP contribution in [0.3, 0.4) is 0 Å². The average Bonchev–Trinajstić information content (AvgIpc) is 2.69. The van der Waals surface area contributed by atoms with E-state index in [1.807, 2.05) is 30.3 Å². The molecular formula is C20H22N2O4S. The summed E-state index contributed by atoms with van der Waals surface area (Å²) in [6, 6.07) is 15.8. The molecule has 0 aliphatic carbocycles. The number of piperazine rings is 1. The maximum absolute atomic E-state index is 12.5. The van der Waals surface area contributed by atoms with Crippen LogP contribution in [-0.2, 0) is 21.2 Å². The molecule has 0 aromatic heterocycles. The van der Waals surface area contributed by atoms with E-state index in [0.29, 0.717) is 13.1 Å². The number of phenols is 1. The number of nitrogens with zero attached hydrogens (tertiary/aromatic N) is 2. The summed E-state index contributed by atoms with van der Waals surface area (Å²) in [6.07, 6.45) is 1.82. The van der Waals surface area contributed by atoms with E-state index in [1.54, 1.807) is 35.2 Å². The number of sulfonamides is 1. The third kappa shape index (κ3) is 5.18. The summed E-state index contributed by atoms with van der Waals surface area (Å²) >= 11 is 0. The molecule has 1 heterocycles. The summed E-state index contributed by atoms with van der Waals surface area (Å²) in [6.45, 7) is 1.30. The number of amides is 1. The Hall–Kier alpha value is -2.64. The SMILES string of the molecule is O=C(Cc1ccc(O)cc1)N1CCN(S(=O)(=O)/C=C/c2ccccc2)CC1. The molecule has 7 heteroatoms. The van der Waals surface area contributed by atoms with Crippen LogP contribution in [0.2, 0.25) is 0 Å². The highest BCUT2D eigenvalue weighted by atomic mass is 32.2. The first-order chi connectivity index (χ1) is 12.9. The second-order valence-corrected chi connectivity index (χ2v) is 8.20. The molecule has 6 nitrogen and oxygen atoms in total. The fourth-order valence-corrected chi connectivity index (χ4v) is 4.08. The second kappa shape index (κ2) is 8.37. The van der Waals surface area contributed by atoms with Gasteiger partial charge < -0.3 is 10.0 Å². The number of aromatic hydroxyl groups is 1. The lowest BCUT2D eigenvalue weighted by Gasteiger charge is -2.33. The van der Waals surface area contributed by atoms with Crippen molar-refractivity contribution in [2.45, 2.75) is 6.42 Å². The summed E-state index contributed by atoms with van der Waals surface area (Å²) in [5.74, 6) is 0.117. The van der Waals surface area contributed by atoms with Crippen molar-refractivity contribution in [1.29, 1.82) is 0 Å². The van der Waals surface area contributed by atoms with Crippen LogP contribution in [0.1, 0.15) is 11.1 Å². The Morgan fingerprint density at radius 2 is 1.59 bits per heavy atom. The molecule has 142 valence electrons. The maximum atomic E-state index is 12.5. The van der Waals surface area contributed by atoms with Crippen LogP contribution in [0.5, 0.6) is 5.75 Å². The van der Waals surface area contributed by atoms with Gasteiger partial charge in [-0.2, -0.15) is 4.31 Å². The topological polar surface area (TPSA) is 77.9 Å². The molecule has 1 aliphatic heterocycles. The Bertz CT molecular complexity index is 901. The first-order valence-electron chi connectivity index (χ1n) is 8.73. The smallest absolute Gasteiger partial charge is 0.236 e. The van der Waals surface area contributed by atoms with Gasteiger partial charge in [0.2, 0.25) is 15.9 Å². The van der Waals surface area contributed by atoms with Crippen molar-refractivity contribution in [3.05, 3.63) is 71.1 Å². The van der Waals surface area contributed by atoms with Crippen molar-refractivity contribution < 1.29 is 18.3 Å². The Morgan fingerprint density at radius 1 is 0.963 bits per heavy atom. The van der Waals surface area contributed by atoms with Gasteiger partial charge in [0.1, 0.15) is 5.75 Å². The van der Waals surface area contributed by atoms with Gasteiger partial charge in [0.25, 0.3) is 0 Å². The molecular weight excluding hydrogens is 364 g/mol. The van der Waals surface area contributed by atoms with Gasteiger partial charge in [-0.1, -0.05) is 42.5 Å². The predicted octanol–water partition coefficient (Wildman–Crippen LogP) is 2.08. The standard InChI is InChI=1S/C20H22N2O4S/c23-19-8-6-18(7-9-19)16-20(24)21-11-13-22(14-12-21)27(25,26)15-10-17-4-2-1-3-5-17/h1-10,15,23H,11-14,16H2/b15-10+. The highest BCUT2D eigenvalue weighted by Gasteiger charge is 2.27. The Balaban J connectivity index is 1.55. The molecule has 0 bridgehead atoms. The lowest BCUT2D eigenvalue weighted by Crippen LogP contribution is -2.50. The fourth-order valence-electron chi connectivity index (χ4n) is 2.91. The molecule has 1 fully saturated rings. The van der Waals surface area contributed by atoms with Crippen LogP contribution in [0.25, 0.3) is 6.08 Å². The number of benzene rings is 2. The minimum absolute atomic E-state index is 0.0439. The largest absolute Gasteiger partial charge is 0.508 e. The van der Waals surface area contributed by atoms with Gasteiger partial charge in [-0.05, 0) is 29.3 Å². The second-order valence-electron chi connectivity index (χ2n) is 6.38. The Kier molecular flexibility index (Phi) is 5.93. The van der Waals surface area contributed by atoms with Gasteiger partial charge in [0.15, 0.2) is 0 Å². The molecule has 1 aliphatic rings. The van der Waals surface area contributed by atoms with Gasteiger partial charge in [-0.15, -0.1) is 0 Å². The lowest BCUT2D eigenvalue weighted by atomic mass is 10.1. The Morgan fingerprint density at radius 3 is 2.22 bits per heavy atom. The summed E-state index contributed by atoms with van der Waals surface area (Å²) in [5, 5.41) is 10.5. The summed E-state index contributed by atoms with van der Waals surface area (Å²) in [7, 11) is -3.51. The zero-order chi connectivity index (χ0) is 19.3. The van der Waals surface area contributed by atoms with Gasteiger partial charge >= 0.3 is 0 Å². The minimum Gasteiger partial charge on any atom is -0.508 e. The van der Waals surface area contributed by atoms with E-state index < -0.39 is 10.0 Å². The van der Waals surface area contributed by atoms with Gasteiger partial charge in [-0.3, -0.25) is 4.79 Å². The molecule has 2 aromatic carbocycles. The van der Waals surface area contributed by atoms with Crippen molar-refractivity contribution in [2.24, 2.45) is 0 Å². The monoisotopic (exact) mass is 386 g/mol. The van der Waals surface area contributed by atoms with E-state index in [0.717, 1.165) is 11.1 Å². The number of carbonyl (C=O) groups is 1. The van der Waals surface area contributed by atoms with E-state index in [9.17, 15) is 18.3 Å². The van der Waals surface area contributed by atoms with Crippen molar-refractivity contribution in [1.82, 2.24) is 9.21 Å². The summed E-state index contributed by atoms with van der Waals surface area (Å²) < 4.78 is 26.3. The summed E-state index contributed by atoms with van der Waals surface area (Å²) in [4.78, 5) is 14.1. The molecule has 27 heavy (non-hydrogen) atoms. The van der Waals surface area contributed by atoms with E-state index in [2.05, 4.69) is 0 Å². The number of hydrogen-bond acceptors (Lipinski definition) is 4. The molecule has 1 amide bonds. The number of phenolic OH excluding ortho intramolecular Hbond substituents is 1. The molecule has 1 saturated heterocycles. The van der Waals surface area contributed by atoms with Crippen molar-refractivity contribution >= 4 is 22.0 Å². The Labute approximate surface area is 159 Å².